The summed E-state index contributed by atoms with van der Waals surface area (Å²) in [5.41, 5.74) is 0.0641. The summed E-state index contributed by atoms with van der Waals surface area (Å²) in [7, 11) is -14.8. The van der Waals surface area contributed by atoms with Gasteiger partial charge in [-0.2, -0.15) is 16.8 Å². The lowest BCUT2D eigenvalue weighted by atomic mass is 9.97. The van der Waals surface area contributed by atoms with Crippen LogP contribution in [-0.4, -0.2) is 38.9 Å². The monoisotopic (exact) mass is 574 g/mol. The van der Waals surface area contributed by atoms with Crippen molar-refractivity contribution in [3.63, 3.8) is 0 Å². The van der Waals surface area contributed by atoms with Crippen LogP contribution in [0.5, 0.6) is 0 Å². The average Bonchev–Trinajstić information content (AvgIpc) is 2.69. The molecule has 0 unspecified atom stereocenters. The smallest absolute Gasteiger partial charge is 0.362 e. The zero-order valence-corrected chi connectivity index (χ0v) is 20.0. The third kappa shape index (κ3) is 4.50. The fraction of sp³-hybridized carbons (Fsp3) is 0. The average molecular weight is 575 g/mol. The van der Waals surface area contributed by atoms with Crippen LogP contribution >= 0.6 is 15.9 Å². The van der Waals surface area contributed by atoms with Gasteiger partial charge in [0.2, 0.25) is 0 Å². The van der Waals surface area contributed by atoms with E-state index in [-0.39, 0.29) is 33.1 Å². The predicted octanol–water partition coefficient (Wildman–Crippen LogP) is 3.69. The summed E-state index contributed by atoms with van der Waals surface area (Å²) in [6, 6.07) is 10.4. The summed E-state index contributed by atoms with van der Waals surface area (Å²) in [6.45, 7) is 0. The Labute approximate surface area is 195 Å². The summed E-state index contributed by atoms with van der Waals surface area (Å²) < 4.78 is 108. The van der Waals surface area contributed by atoms with E-state index in [0.29, 0.717) is 10.5 Å². The molecule has 1 heterocycles. The van der Waals surface area contributed by atoms with Crippen molar-refractivity contribution in [2.75, 3.05) is 0 Å². The molecule has 0 amide bonds. The molecule has 1 aromatic heterocycles. The molecule has 0 radical (unpaired) electrons. The largest absolute Gasteiger partial charge is 0.744 e. The molecular formula is C19H11BrO10S3. The van der Waals surface area contributed by atoms with Gasteiger partial charge in [-0.25, -0.2) is 12.8 Å². The summed E-state index contributed by atoms with van der Waals surface area (Å²) in [5.74, 6) is 0. The van der Waals surface area contributed by atoms with Gasteiger partial charge in [0.25, 0.3) is 20.2 Å². The minimum Gasteiger partial charge on any atom is -0.744 e. The van der Waals surface area contributed by atoms with Gasteiger partial charge in [0.15, 0.2) is 0 Å². The molecule has 0 aliphatic heterocycles. The first-order valence-electron chi connectivity index (χ1n) is 8.71. The highest BCUT2D eigenvalue weighted by molar-refractivity contribution is 9.10. The van der Waals surface area contributed by atoms with Crippen molar-refractivity contribution in [3.8, 4) is 11.1 Å². The van der Waals surface area contributed by atoms with Crippen LogP contribution in [0.1, 0.15) is 0 Å². The van der Waals surface area contributed by atoms with E-state index < -0.39 is 45.0 Å². The molecule has 33 heavy (non-hydrogen) atoms. The molecule has 0 bridgehead atoms. The molecule has 3 aromatic carbocycles. The molecule has 0 aliphatic carbocycles. The number of benzene rings is 3. The van der Waals surface area contributed by atoms with E-state index in [4.69, 9.17) is 4.42 Å². The van der Waals surface area contributed by atoms with Crippen molar-refractivity contribution >= 4 is 68.2 Å². The van der Waals surface area contributed by atoms with E-state index in [1.165, 1.54) is 12.1 Å². The SMILES string of the molecule is O=S(=O)([O-])c1cc(S(=O)(=O)O)ccc1-c1c2ccc(Br)cc2[o+]c2ccc(S(=O)(=O)O)cc12. The number of hydrogen-bond acceptors (Lipinski definition) is 7. The quantitative estimate of drug-likeness (QED) is 0.207. The first-order valence-corrected chi connectivity index (χ1v) is 13.8. The van der Waals surface area contributed by atoms with Crippen LogP contribution in [0.4, 0.5) is 0 Å². The van der Waals surface area contributed by atoms with E-state index >= 15 is 0 Å². The number of rotatable bonds is 4. The highest BCUT2D eigenvalue weighted by atomic mass is 79.9. The molecule has 2 N–H and O–H groups in total. The van der Waals surface area contributed by atoms with E-state index in [9.17, 15) is 38.9 Å². The van der Waals surface area contributed by atoms with Crippen LogP contribution in [0.15, 0.2) is 78.2 Å². The van der Waals surface area contributed by atoms with Crippen LogP contribution in [0, 0.1) is 0 Å². The molecule has 10 nitrogen and oxygen atoms in total. The van der Waals surface area contributed by atoms with Gasteiger partial charge in [0, 0.05) is 21.7 Å². The third-order valence-electron chi connectivity index (χ3n) is 4.74. The van der Waals surface area contributed by atoms with Crippen LogP contribution in [0.3, 0.4) is 0 Å². The van der Waals surface area contributed by atoms with Crippen molar-refractivity contribution in [1.29, 1.82) is 0 Å². The molecule has 0 saturated carbocycles. The lowest BCUT2D eigenvalue weighted by molar-refractivity contribution is 0.462. The standard InChI is InChI=1S/C19H11BrO10S3/c20-10-1-4-13-17(7-10)30-16-6-3-11(31(21,22)23)8-15(16)19(13)14-5-2-12(32(24,25)26)9-18(14)33(27,28)29/h1-9H,(H2-,21,22,23,24,25,26,27,28,29). The normalized spacial score (nSPS) is 13.0. The summed E-state index contributed by atoms with van der Waals surface area (Å²) in [4.78, 5) is -2.31. The summed E-state index contributed by atoms with van der Waals surface area (Å²) in [6.07, 6.45) is 0. The van der Waals surface area contributed by atoms with E-state index in [2.05, 4.69) is 15.9 Å². The zero-order chi connectivity index (χ0) is 24.3. The number of hydrogen-bond donors (Lipinski definition) is 2. The molecule has 0 fully saturated rings. The molecule has 172 valence electrons. The Bertz CT molecular complexity index is 1800. The van der Waals surface area contributed by atoms with Gasteiger partial charge >= 0.3 is 11.2 Å². The minimum atomic E-state index is -5.28. The Morgan fingerprint density at radius 1 is 0.727 bits per heavy atom. The van der Waals surface area contributed by atoms with Crippen LogP contribution in [0.25, 0.3) is 33.1 Å². The molecule has 4 rings (SSSR count). The Morgan fingerprint density at radius 3 is 1.94 bits per heavy atom. The van der Waals surface area contributed by atoms with Crippen molar-refractivity contribution in [2.24, 2.45) is 0 Å². The van der Waals surface area contributed by atoms with Crippen LogP contribution in [-0.2, 0) is 30.4 Å². The van der Waals surface area contributed by atoms with Gasteiger partial charge in [-0.15, -0.1) is 0 Å². The van der Waals surface area contributed by atoms with Gasteiger partial charge in [-0.05, 0) is 36.4 Å². The first-order chi connectivity index (χ1) is 15.2. The Balaban J connectivity index is 2.26. The van der Waals surface area contributed by atoms with E-state index in [1.54, 1.807) is 12.1 Å². The second-order valence-corrected chi connectivity index (χ2v) is 11.9. The van der Waals surface area contributed by atoms with Gasteiger partial charge < -0.3 is 4.55 Å². The van der Waals surface area contributed by atoms with Crippen LogP contribution in [0.2, 0.25) is 0 Å². The Hall–Kier alpha value is -2.46. The van der Waals surface area contributed by atoms with Crippen molar-refractivity contribution < 1.29 is 43.3 Å². The molecule has 0 spiro atoms. The van der Waals surface area contributed by atoms with Crippen LogP contribution < -0.4 is 0 Å². The maximum atomic E-state index is 12.1. The highest BCUT2D eigenvalue weighted by Crippen LogP contribution is 2.41. The highest BCUT2D eigenvalue weighted by Gasteiger charge is 2.26. The molecular weight excluding hydrogens is 564 g/mol. The lowest BCUT2D eigenvalue weighted by Gasteiger charge is -2.15. The van der Waals surface area contributed by atoms with E-state index in [0.717, 1.165) is 24.3 Å². The lowest BCUT2D eigenvalue weighted by Crippen LogP contribution is -2.06. The third-order valence-corrected chi connectivity index (χ3v) is 7.81. The first kappa shape index (κ1) is 23.7. The van der Waals surface area contributed by atoms with Crippen molar-refractivity contribution in [2.45, 2.75) is 14.7 Å². The Morgan fingerprint density at radius 2 is 1.33 bits per heavy atom. The van der Waals surface area contributed by atoms with E-state index in [1.807, 2.05) is 0 Å². The predicted molar refractivity (Wildman–Crippen MR) is 119 cm³/mol. The van der Waals surface area contributed by atoms with Gasteiger partial charge in [0.1, 0.15) is 10.1 Å². The molecule has 0 aliphatic rings. The van der Waals surface area contributed by atoms with Crippen molar-refractivity contribution in [1.82, 2.24) is 0 Å². The second kappa shape index (κ2) is 7.80. The number of halogens is 1. The molecule has 0 atom stereocenters. The minimum absolute atomic E-state index is 0.0180. The molecule has 4 aromatic rings. The molecule has 14 heteroatoms. The van der Waals surface area contributed by atoms with Gasteiger partial charge in [-0.3, -0.25) is 9.11 Å². The Kier molecular flexibility index (Phi) is 5.60. The number of fused-ring (bicyclic) bond motifs is 2. The maximum absolute atomic E-state index is 12.1. The maximum Gasteiger partial charge on any atom is 0.362 e. The summed E-state index contributed by atoms with van der Waals surface area (Å²) >= 11 is 3.28. The van der Waals surface area contributed by atoms with Gasteiger partial charge in [-0.1, -0.05) is 22.0 Å². The fourth-order valence-electron chi connectivity index (χ4n) is 3.37. The van der Waals surface area contributed by atoms with Gasteiger partial charge in [0.05, 0.1) is 31.5 Å². The molecule has 0 saturated heterocycles. The second-order valence-electron chi connectivity index (χ2n) is 6.84. The fourth-order valence-corrected chi connectivity index (χ4v) is 5.51. The summed E-state index contributed by atoms with van der Waals surface area (Å²) in [5, 5.41) is 0.271. The topological polar surface area (TPSA) is 177 Å². The van der Waals surface area contributed by atoms with Crippen molar-refractivity contribution in [3.05, 3.63) is 59.1 Å². The zero-order valence-electron chi connectivity index (χ0n) is 16.0.